The summed E-state index contributed by atoms with van der Waals surface area (Å²) in [5, 5.41) is 0. The largest absolute Gasteiger partial charge is 0.494 e. The van der Waals surface area contributed by atoms with Crippen molar-refractivity contribution in [2.24, 2.45) is 0 Å². The maximum absolute atomic E-state index is 6.20. The molecule has 0 atom stereocenters. The fourth-order valence-electron chi connectivity index (χ4n) is 3.75. The molecule has 1 aliphatic rings. The first-order chi connectivity index (χ1) is 14.8. The van der Waals surface area contributed by atoms with Crippen molar-refractivity contribution >= 4 is 29.3 Å². The van der Waals surface area contributed by atoms with Crippen molar-refractivity contribution < 1.29 is 9.31 Å². The van der Waals surface area contributed by atoms with Crippen molar-refractivity contribution in [3.8, 4) is 11.4 Å². The molecule has 1 saturated heterocycles. The number of hydrogen-bond acceptors (Lipinski definition) is 3. The minimum absolute atomic E-state index is 0.360. The number of para-hydroxylation sites is 2. The van der Waals surface area contributed by atoms with Crippen molar-refractivity contribution in [1.82, 2.24) is 9.55 Å². The van der Waals surface area contributed by atoms with Crippen molar-refractivity contribution in [2.45, 2.75) is 45.8 Å². The summed E-state index contributed by atoms with van der Waals surface area (Å²) in [6, 6.07) is 16.5. The van der Waals surface area contributed by atoms with E-state index in [0.29, 0.717) is 0 Å². The minimum atomic E-state index is -0.378. The lowest BCUT2D eigenvalue weighted by Gasteiger charge is -2.32. The van der Waals surface area contributed by atoms with E-state index in [0.717, 1.165) is 33.6 Å². The number of hydrogen-bond donors (Lipinski definition) is 0. The molecule has 0 unspecified atom stereocenters. The van der Waals surface area contributed by atoms with E-state index in [1.807, 2.05) is 37.3 Å². The summed E-state index contributed by atoms with van der Waals surface area (Å²) in [7, 11) is -0.378. The molecule has 0 N–H and O–H groups in total. The van der Waals surface area contributed by atoms with Gasteiger partial charge in [-0.25, -0.2) is 4.98 Å². The Bertz CT molecular complexity index is 1150. The number of imidazole rings is 1. The second kappa shape index (κ2) is 7.99. The third-order valence-corrected chi connectivity index (χ3v) is 6.14. The second-order valence-electron chi connectivity index (χ2n) is 8.80. The quantitative estimate of drug-likeness (QED) is 0.404. The van der Waals surface area contributed by atoms with Gasteiger partial charge in [0, 0.05) is 11.3 Å². The molecule has 4 rings (SSSR count). The molecule has 0 aliphatic carbocycles. The monoisotopic (exact) mass is 412 g/mol. The van der Waals surface area contributed by atoms with Gasteiger partial charge in [-0.1, -0.05) is 55.1 Å². The maximum Gasteiger partial charge on any atom is 0.494 e. The third-order valence-electron chi connectivity index (χ3n) is 6.14. The van der Waals surface area contributed by atoms with Gasteiger partial charge in [-0.05, 0) is 64.4 Å². The molecule has 5 heteroatoms. The average molecular weight is 412 g/mol. The first-order valence-corrected chi connectivity index (χ1v) is 10.7. The number of rotatable bonds is 5. The van der Waals surface area contributed by atoms with Crippen LogP contribution in [0.2, 0.25) is 0 Å². The van der Waals surface area contributed by atoms with Crippen molar-refractivity contribution in [1.29, 1.82) is 0 Å². The first-order valence-electron chi connectivity index (χ1n) is 10.7. The van der Waals surface area contributed by atoms with E-state index >= 15 is 0 Å². The van der Waals surface area contributed by atoms with Crippen LogP contribution < -0.4 is 5.46 Å². The smallest absolute Gasteiger partial charge is 0.399 e. The Balaban J connectivity index is 1.77. The van der Waals surface area contributed by atoms with Gasteiger partial charge in [0.1, 0.15) is 5.82 Å². The Morgan fingerprint density at radius 2 is 1.65 bits per heavy atom. The van der Waals surface area contributed by atoms with Gasteiger partial charge in [-0.3, -0.25) is 4.57 Å². The zero-order chi connectivity index (χ0) is 22.2. The van der Waals surface area contributed by atoms with E-state index in [4.69, 9.17) is 14.3 Å². The number of aromatic nitrogens is 2. The molecule has 1 fully saturated rings. The van der Waals surface area contributed by atoms with E-state index in [-0.39, 0.29) is 18.3 Å². The highest BCUT2D eigenvalue weighted by Crippen LogP contribution is 2.36. The van der Waals surface area contributed by atoms with Crippen LogP contribution in [-0.2, 0) is 9.31 Å². The number of allylic oxidation sites excluding steroid dienone is 5. The molecule has 0 amide bonds. The van der Waals surface area contributed by atoms with Crippen LogP contribution in [0.3, 0.4) is 0 Å². The fourth-order valence-corrected chi connectivity index (χ4v) is 3.75. The molecule has 2 heterocycles. The summed E-state index contributed by atoms with van der Waals surface area (Å²) in [4.78, 5) is 4.93. The van der Waals surface area contributed by atoms with Gasteiger partial charge >= 0.3 is 7.12 Å². The zero-order valence-electron chi connectivity index (χ0n) is 18.9. The van der Waals surface area contributed by atoms with Crippen molar-refractivity contribution in [2.75, 3.05) is 0 Å². The average Bonchev–Trinajstić information content (AvgIpc) is 3.22. The maximum atomic E-state index is 6.20. The van der Waals surface area contributed by atoms with E-state index in [1.54, 1.807) is 6.08 Å². The summed E-state index contributed by atoms with van der Waals surface area (Å²) < 4.78 is 14.6. The lowest BCUT2D eigenvalue weighted by atomic mass is 9.79. The van der Waals surface area contributed by atoms with Crippen molar-refractivity contribution in [3.05, 3.63) is 79.4 Å². The van der Waals surface area contributed by atoms with Gasteiger partial charge in [-0.15, -0.1) is 0 Å². The molecular formula is C26H29BN2O2. The summed E-state index contributed by atoms with van der Waals surface area (Å²) in [5.41, 5.74) is 4.32. The minimum Gasteiger partial charge on any atom is -0.399 e. The molecule has 0 radical (unpaired) electrons. The normalized spacial score (nSPS) is 18.2. The predicted molar refractivity (Wildman–Crippen MR) is 130 cm³/mol. The molecule has 31 heavy (non-hydrogen) atoms. The van der Waals surface area contributed by atoms with Gasteiger partial charge in [0.2, 0.25) is 0 Å². The second-order valence-corrected chi connectivity index (χ2v) is 8.80. The Morgan fingerprint density at radius 3 is 2.26 bits per heavy atom. The highest BCUT2D eigenvalue weighted by atomic mass is 16.7. The van der Waals surface area contributed by atoms with E-state index < -0.39 is 0 Å². The molecule has 1 aliphatic heterocycles. The topological polar surface area (TPSA) is 36.3 Å². The summed E-state index contributed by atoms with van der Waals surface area (Å²) in [6.45, 7) is 14.2. The Hall–Kier alpha value is -2.89. The molecule has 0 spiro atoms. The predicted octanol–water partition coefficient (Wildman–Crippen LogP) is 5.61. The summed E-state index contributed by atoms with van der Waals surface area (Å²) in [6.07, 6.45) is 7.89. The molecule has 0 bridgehead atoms. The molecule has 1 aromatic heterocycles. The molecule has 3 aromatic rings. The van der Waals surface area contributed by atoms with Crippen LogP contribution in [-0.4, -0.2) is 27.9 Å². The highest BCUT2D eigenvalue weighted by molar-refractivity contribution is 6.62. The van der Waals surface area contributed by atoms with Crippen LogP contribution in [0.1, 0.15) is 34.6 Å². The first kappa shape index (κ1) is 21.4. The van der Waals surface area contributed by atoms with Gasteiger partial charge in [0.25, 0.3) is 0 Å². The van der Waals surface area contributed by atoms with E-state index in [1.165, 1.54) is 0 Å². The van der Waals surface area contributed by atoms with Crippen LogP contribution in [0, 0.1) is 0 Å². The summed E-state index contributed by atoms with van der Waals surface area (Å²) in [5.74, 6) is 0.882. The standard InChI is InChI=1S/C26H29BN2O2/c1-7-11-21(12-8-2)29-23-14-10-9-13-22(23)28-24(29)19-15-17-20(18-16-19)27-30-25(3,4)26(5,6)31-27/h7-18H,1H2,2-6H3/b12-8-,21-11+. The van der Waals surface area contributed by atoms with Gasteiger partial charge in [0.15, 0.2) is 0 Å². The summed E-state index contributed by atoms with van der Waals surface area (Å²) >= 11 is 0. The van der Waals surface area contributed by atoms with E-state index in [9.17, 15) is 0 Å². The Labute approximate surface area is 185 Å². The molecule has 2 aromatic carbocycles. The van der Waals surface area contributed by atoms with Crippen LogP contribution in [0.4, 0.5) is 0 Å². The third kappa shape index (κ3) is 3.80. The molecule has 4 nitrogen and oxygen atoms in total. The molecule has 158 valence electrons. The van der Waals surface area contributed by atoms with Crippen LogP contribution in [0.15, 0.2) is 79.4 Å². The van der Waals surface area contributed by atoms with Gasteiger partial charge in [0.05, 0.1) is 22.2 Å². The van der Waals surface area contributed by atoms with Crippen molar-refractivity contribution in [3.63, 3.8) is 0 Å². The van der Waals surface area contributed by atoms with Crippen LogP contribution >= 0.6 is 0 Å². The Kier molecular flexibility index (Phi) is 5.50. The zero-order valence-corrected chi connectivity index (χ0v) is 18.9. The van der Waals surface area contributed by atoms with Gasteiger partial charge in [-0.2, -0.15) is 0 Å². The fraction of sp³-hybridized carbons (Fsp3) is 0.269. The number of nitrogens with zero attached hydrogens (tertiary/aromatic N) is 2. The van der Waals surface area contributed by atoms with Crippen LogP contribution in [0.5, 0.6) is 0 Å². The van der Waals surface area contributed by atoms with Gasteiger partial charge < -0.3 is 9.31 Å². The van der Waals surface area contributed by atoms with E-state index in [2.05, 4.69) is 75.2 Å². The lowest BCUT2D eigenvalue weighted by molar-refractivity contribution is 0.00578. The Morgan fingerprint density at radius 1 is 1.00 bits per heavy atom. The highest BCUT2D eigenvalue weighted by Gasteiger charge is 2.51. The number of benzene rings is 2. The van der Waals surface area contributed by atoms with Crippen LogP contribution in [0.25, 0.3) is 28.1 Å². The number of fused-ring (bicyclic) bond motifs is 1. The molecular weight excluding hydrogens is 383 g/mol. The SMILES string of the molecule is C=C/C=C(\C=C/C)n1c(-c2ccc(B3OC(C)(C)C(C)(C)O3)cc2)nc2ccccc21. The lowest BCUT2D eigenvalue weighted by Crippen LogP contribution is -2.41. The molecule has 0 saturated carbocycles.